The highest BCUT2D eigenvalue weighted by Gasteiger charge is 2.25. The smallest absolute Gasteiger partial charge is 0.404 e. The normalized spacial score (nSPS) is 11.9. The Hall–Kier alpha value is -2.76. The molecule has 0 fully saturated rings. The lowest BCUT2D eigenvalue weighted by Crippen LogP contribution is -2.19. The molecular formula is C19H16FNO6S3. The Morgan fingerprint density at radius 3 is 2.23 bits per heavy atom. The summed E-state index contributed by atoms with van der Waals surface area (Å²) in [4.78, 5) is 10.0. The maximum Gasteiger partial charge on any atom is 0.404 e. The van der Waals surface area contributed by atoms with Crippen molar-refractivity contribution in [2.24, 2.45) is 0 Å². The molecule has 0 atom stereocenters. The Morgan fingerprint density at radius 2 is 1.63 bits per heavy atom. The molecule has 0 aliphatic heterocycles. The number of hydrogen-bond acceptors (Lipinski definition) is 6. The fraction of sp³-hybridized carbons (Fsp3) is 0.105. The summed E-state index contributed by atoms with van der Waals surface area (Å²) < 4.78 is 64.3. The fourth-order valence-corrected chi connectivity index (χ4v) is 6.19. The Morgan fingerprint density at radius 1 is 1.00 bits per heavy atom. The Bertz CT molecular complexity index is 1320. The summed E-state index contributed by atoms with van der Waals surface area (Å²) in [6, 6.07) is 13.2. The number of sulfone groups is 2. The lowest BCUT2D eigenvalue weighted by molar-refractivity contribution is 0.194. The molecule has 1 heterocycles. The predicted molar refractivity (Wildman–Crippen MR) is 110 cm³/mol. The van der Waals surface area contributed by atoms with Crippen molar-refractivity contribution in [3.8, 4) is 11.1 Å². The fourth-order valence-electron chi connectivity index (χ4n) is 2.65. The third-order valence-corrected chi connectivity index (χ3v) is 8.53. The third-order valence-electron chi connectivity index (χ3n) is 4.13. The highest BCUT2D eigenvalue weighted by Crippen LogP contribution is 2.34. The first-order valence-electron chi connectivity index (χ1n) is 8.39. The topological polar surface area (TPSA) is 118 Å². The van der Waals surface area contributed by atoms with E-state index in [1.54, 1.807) is 30.3 Å². The van der Waals surface area contributed by atoms with Crippen molar-refractivity contribution in [1.29, 1.82) is 0 Å². The number of hydrogen-bond donors (Lipinski definition) is 2. The summed E-state index contributed by atoms with van der Waals surface area (Å²) in [7, 11) is -7.98. The number of nitrogens with one attached hydrogen (secondary N) is 1. The molecule has 7 nitrogen and oxygen atoms in total. The van der Waals surface area contributed by atoms with Gasteiger partial charge in [-0.25, -0.2) is 26.0 Å². The standard InChI is InChI=1S/C19H16FNO6S3/c1-29(24,25)14-7-13(12-5-3-2-4-6-12)8-15(9-14)30(26,27)18-10-16(20)17(28-18)11-21-19(22)23/h2-10,21H,11H2,1H3,(H,22,23). The maximum absolute atomic E-state index is 14.1. The van der Waals surface area contributed by atoms with E-state index in [1.165, 1.54) is 12.1 Å². The number of thiophene rings is 1. The van der Waals surface area contributed by atoms with Gasteiger partial charge in [0.05, 0.1) is 21.2 Å². The molecule has 0 spiro atoms. The minimum absolute atomic E-state index is 0.0986. The summed E-state index contributed by atoms with van der Waals surface area (Å²) in [5.74, 6) is -0.866. The molecule has 3 aromatic rings. The van der Waals surface area contributed by atoms with Gasteiger partial charge < -0.3 is 10.4 Å². The zero-order valence-corrected chi connectivity index (χ0v) is 17.9. The van der Waals surface area contributed by atoms with Gasteiger partial charge in [-0.3, -0.25) is 0 Å². The van der Waals surface area contributed by atoms with Crippen LogP contribution in [-0.2, 0) is 26.2 Å². The lowest BCUT2D eigenvalue weighted by Gasteiger charge is -2.09. The van der Waals surface area contributed by atoms with E-state index in [-0.39, 0.29) is 25.4 Å². The minimum Gasteiger partial charge on any atom is -0.465 e. The summed E-state index contributed by atoms with van der Waals surface area (Å²) in [6.45, 7) is -0.389. The minimum atomic E-state index is -4.25. The van der Waals surface area contributed by atoms with Crippen LogP contribution in [0.5, 0.6) is 0 Å². The molecule has 11 heteroatoms. The Kier molecular flexibility index (Phi) is 5.97. The molecule has 0 unspecified atom stereocenters. The van der Waals surface area contributed by atoms with Gasteiger partial charge in [-0.15, -0.1) is 11.3 Å². The average Bonchev–Trinajstić information content (AvgIpc) is 3.07. The molecule has 0 radical (unpaired) electrons. The molecule has 2 aromatic carbocycles. The monoisotopic (exact) mass is 469 g/mol. The highest BCUT2D eigenvalue weighted by molar-refractivity contribution is 7.93. The maximum atomic E-state index is 14.1. The summed E-state index contributed by atoms with van der Waals surface area (Å²) >= 11 is 0.580. The van der Waals surface area contributed by atoms with E-state index in [4.69, 9.17) is 5.11 Å². The van der Waals surface area contributed by atoms with E-state index in [9.17, 15) is 26.0 Å². The third kappa shape index (κ3) is 4.69. The Balaban J connectivity index is 2.14. The molecule has 0 saturated carbocycles. The SMILES string of the molecule is CS(=O)(=O)c1cc(-c2ccccc2)cc(S(=O)(=O)c2cc(F)c(CNC(=O)O)s2)c1. The van der Waals surface area contributed by atoms with Crippen LogP contribution in [-0.4, -0.2) is 34.3 Å². The van der Waals surface area contributed by atoms with Gasteiger partial charge in [0, 0.05) is 12.3 Å². The number of rotatable bonds is 6. The van der Waals surface area contributed by atoms with Gasteiger partial charge in [0.25, 0.3) is 0 Å². The van der Waals surface area contributed by atoms with Gasteiger partial charge in [-0.05, 0) is 29.3 Å². The molecule has 1 amide bonds. The zero-order valence-electron chi connectivity index (χ0n) is 15.5. The van der Waals surface area contributed by atoms with Gasteiger partial charge in [0.1, 0.15) is 10.0 Å². The van der Waals surface area contributed by atoms with Crippen molar-refractivity contribution in [2.75, 3.05) is 6.26 Å². The lowest BCUT2D eigenvalue weighted by atomic mass is 10.1. The van der Waals surface area contributed by atoms with Crippen LogP contribution in [0.4, 0.5) is 9.18 Å². The zero-order chi connectivity index (χ0) is 22.1. The Labute approximate surface area is 176 Å². The van der Waals surface area contributed by atoms with Gasteiger partial charge in [0.2, 0.25) is 9.84 Å². The number of halogens is 1. The van der Waals surface area contributed by atoms with Crippen molar-refractivity contribution in [3.63, 3.8) is 0 Å². The van der Waals surface area contributed by atoms with Crippen LogP contribution in [0, 0.1) is 5.82 Å². The van der Waals surface area contributed by atoms with Gasteiger partial charge >= 0.3 is 6.09 Å². The van der Waals surface area contributed by atoms with Crippen LogP contribution >= 0.6 is 11.3 Å². The number of amides is 1. The van der Waals surface area contributed by atoms with Crippen LogP contribution in [0.25, 0.3) is 11.1 Å². The number of carboxylic acid groups (broad SMARTS) is 1. The van der Waals surface area contributed by atoms with Gasteiger partial charge in [0.15, 0.2) is 9.84 Å². The molecule has 2 N–H and O–H groups in total. The van der Waals surface area contributed by atoms with Crippen molar-refractivity contribution in [3.05, 3.63) is 65.3 Å². The van der Waals surface area contributed by atoms with E-state index in [1.807, 2.05) is 5.32 Å². The van der Waals surface area contributed by atoms with Crippen molar-refractivity contribution in [2.45, 2.75) is 20.5 Å². The first-order valence-corrected chi connectivity index (χ1v) is 12.6. The second-order valence-corrected chi connectivity index (χ2v) is 11.7. The molecule has 158 valence electrons. The molecule has 3 rings (SSSR count). The van der Waals surface area contributed by atoms with Crippen molar-refractivity contribution < 1.29 is 31.1 Å². The molecule has 30 heavy (non-hydrogen) atoms. The van der Waals surface area contributed by atoms with Crippen LogP contribution < -0.4 is 5.32 Å². The van der Waals surface area contributed by atoms with E-state index in [0.29, 0.717) is 22.5 Å². The number of benzene rings is 2. The van der Waals surface area contributed by atoms with E-state index in [0.717, 1.165) is 18.4 Å². The first kappa shape index (κ1) is 21.9. The first-order chi connectivity index (χ1) is 14.0. The van der Waals surface area contributed by atoms with Gasteiger partial charge in [-0.2, -0.15) is 0 Å². The largest absolute Gasteiger partial charge is 0.465 e. The predicted octanol–water partition coefficient (Wildman–Crippen LogP) is 3.56. The number of carbonyl (C=O) groups is 1. The van der Waals surface area contributed by atoms with E-state index >= 15 is 0 Å². The van der Waals surface area contributed by atoms with Crippen molar-refractivity contribution >= 4 is 37.1 Å². The summed E-state index contributed by atoms with van der Waals surface area (Å²) in [5.41, 5.74) is 0.991. The van der Waals surface area contributed by atoms with Crippen LogP contribution in [0.1, 0.15) is 4.88 Å². The molecule has 0 aliphatic rings. The average molecular weight is 470 g/mol. The molecule has 1 aromatic heterocycles. The highest BCUT2D eigenvalue weighted by atomic mass is 32.2. The molecule has 0 saturated heterocycles. The van der Waals surface area contributed by atoms with Crippen molar-refractivity contribution in [1.82, 2.24) is 5.32 Å². The summed E-state index contributed by atoms with van der Waals surface area (Å²) in [5, 5.41) is 10.6. The van der Waals surface area contributed by atoms with Crippen LogP contribution in [0.3, 0.4) is 0 Å². The molecule has 0 bridgehead atoms. The van der Waals surface area contributed by atoms with Crippen LogP contribution in [0.2, 0.25) is 0 Å². The van der Waals surface area contributed by atoms with E-state index < -0.39 is 31.6 Å². The van der Waals surface area contributed by atoms with Gasteiger partial charge in [-0.1, -0.05) is 30.3 Å². The second kappa shape index (κ2) is 8.17. The molecule has 0 aliphatic carbocycles. The molecular weight excluding hydrogens is 453 g/mol. The van der Waals surface area contributed by atoms with E-state index in [2.05, 4.69) is 0 Å². The second-order valence-electron chi connectivity index (χ2n) is 6.33. The van der Waals surface area contributed by atoms with Crippen LogP contribution in [0.15, 0.2) is 68.6 Å². The quantitative estimate of drug-likeness (QED) is 0.570. The summed E-state index contributed by atoms with van der Waals surface area (Å²) in [6.07, 6.45) is -0.408.